The first kappa shape index (κ1) is 27.2. The number of urea groups is 1. The molecule has 1 atom stereocenters. The monoisotopic (exact) mass is 531 g/mol. The van der Waals surface area contributed by atoms with Crippen LogP contribution in [0.3, 0.4) is 0 Å². The van der Waals surface area contributed by atoms with Gasteiger partial charge in [0.1, 0.15) is 17.5 Å². The van der Waals surface area contributed by atoms with Crippen LogP contribution in [0.2, 0.25) is 0 Å². The van der Waals surface area contributed by atoms with Gasteiger partial charge < -0.3 is 24.4 Å². The van der Waals surface area contributed by atoms with E-state index in [-0.39, 0.29) is 19.6 Å². The Morgan fingerprint density at radius 1 is 0.897 bits per heavy atom. The smallest absolute Gasteiger partial charge is 0.338 e. The van der Waals surface area contributed by atoms with Gasteiger partial charge in [0.25, 0.3) is 5.91 Å². The Bertz CT molecular complexity index is 1370. The van der Waals surface area contributed by atoms with Crippen LogP contribution in [0.25, 0.3) is 0 Å². The molecule has 0 unspecified atom stereocenters. The fourth-order valence-corrected chi connectivity index (χ4v) is 4.26. The molecule has 1 N–H and O–H groups in total. The maximum absolute atomic E-state index is 13.6. The Hall–Kier alpha value is -4.86. The van der Waals surface area contributed by atoms with Crippen LogP contribution >= 0.6 is 0 Å². The second-order valence-electron chi connectivity index (χ2n) is 8.70. The highest BCUT2D eigenvalue weighted by Crippen LogP contribution is 2.31. The maximum Gasteiger partial charge on any atom is 0.338 e. The molecule has 202 valence electrons. The Morgan fingerprint density at radius 2 is 1.56 bits per heavy atom. The number of carbonyl (C=O) groups is 4. The second-order valence-corrected chi connectivity index (χ2v) is 8.70. The van der Waals surface area contributed by atoms with Gasteiger partial charge in [-0.05, 0) is 61.0 Å². The van der Waals surface area contributed by atoms with Gasteiger partial charge >= 0.3 is 12.0 Å². The van der Waals surface area contributed by atoms with E-state index in [9.17, 15) is 19.2 Å². The molecule has 0 aliphatic carbocycles. The van der Waals surface area contributed by atoms with Crippen LogP contribution in [0.15, 0.2) is 72.8 Å². The maximum atomic E-state index is 13.6. The molecule has 1 heterocycles. The van der Waals surface area contributed by atoms with Crippen LogP contribution in [-0.4, -0.2) is 55.6 Å². The summed E-state index contributed by atoms with van der Waals surface area (Å²) in [5.74, 6) is -0.357. The highest BCUT2D eigenvalue weighted by atomic mass is 16.5. The van der Waals surface area contributed by atoms with Crippen molar-refractivity contribution in [2.24, 2.45) is 0 Å². The Morgan fingerprint density at radius 3 is 2.23 bits per heavy atom. The molecule has 0 bridgehead atoms. The number of esters is 1. The molecule has 1 saturated heterocycles. The second kappa shape index (κ2) is 12.1. The summed E-state index contributed by atoms with van der Waals surface area (Å²) in [5.41, 5.74) is 1.87. The topological polar surface area (TPSA) is 114 Å². The van der Waals surface area contributed by atoms with Gasteiger partial charge in [-0.1, -0.05) is 18.2 Å². The van der Waals surface area contributed by atoms with Crippen LogP contribution in [-0.2, 0) is 20.9 Å². The zero-order valence-corrected chi connectivity index (χ0v) is 21.9. The first-order valence-corrected chi connectivity index (χ1v) is 12.3. The minimum Gasteiger partial charge on any atom is -0.497 e. The van der Waals surface area contributed by atoms with Gasteiger partial charge in [0.15, 0.2) is 0 Å². The van der Waals surface area contributed by atoms with Gasteiger partial charge in [0, 0.05) is 18.3 Å². The molecule has 10 nitrogen and oxygen atoms in total. The Kier molecular flexibility index (Phi) is 8.45. The average molecular weight is 532 g/mol. The molecule has 4 rings (SSSR count). The van der Waals surface area contributed by atoms with Crippen LogP contribution in [0.1, 0.15) is 29.3 Å². The molecule has 0 saturated carbocycles. The predicted octanol–water partition coefficient (Wildman–Crippen LogP) is 4.25. The Balaban J connectivity index is 1.57. The highest BCUT2D eigenvalue weighted by molar-refractivity contribution is 6.22. The van der Waals surface area contributed by atoms with E-state index in [2.05, 4.69) is 5.32 Å². The van der Waals surface area contributed by atoms with Crippen molar-refractivity contribution in [2.75, 3.05) is 31.0 Å². The number of amides is 4. The fourth-order valence-electron chi connectivity index (χ4n) is 4.26. The molecule has 10 heteroatoms. The number of ether oxygens (including phenoxy) is 3. The van der Waals surface area contributed by atoms with Gasteiger partial charge in [0.05, 0.1) is 38.5 Å². The number of methoxy groups -OCH3 is 2. The minimum absolute atomic E-state index is 0.0917. The molecule has 0 spiro atoms. The number of anilines is 2. The number of nitrogens with zero attached hydrogens (tertiary/aromatic N) is 2. The van der Waals surface area contributed by atoms with Crippen LogP contribution < -0.4 is 19.7 Å². The molecule has 0 aromatic heterocycles. The lowest BCUT2D eigenvalue weighted by Gasteiger charge is -2.22. The van der Waals surface area contributed by atoms with Crippen molar-refractivity contribution < 1.29 is 33.4 Å². The van der Waals surface area contributed by atoms with Crippen molar-refractivity contribution in [2.45, 2.75) is 25.9 Å². The summed E-state index contributed by atoms with van der Waals surface area (Å²) < 4.78 is 15.5. The summed E-state index contributed by atoms with van der Waals surface area (Å²) >= 11 is 0. The van der Waals surface area contributed by atoms with Crippen LogP contribution in [0.5, 0.6) is 11.5 Å². The molecular weight excluding hydrogens is 502 g/mol. The molecule has 3 aromatic carbocycles. The van der Waals surface area contributed by atoms with Gasteiger partial charge in [-0.15, -0.1) is 0 Å². The van der Waals surface area contributed by atoms with E-state index in [1.165, 1.54) is 24.1 Å². The summed E-state index contributed by atoms with van der Waals surface area (Å²) in [5, 5.41) is 2.74. The summed E-state index contributed by atoms with van der Waals surface area (Å²) in [6, 6.07) is 18.4. The van der Waals surface area contributed by atoms with Crippen molar-refractivity contribution in [3.8, 4) is 11.5 Å². The number of imide groups is 1. The highest BCUT2D eigenvalue weighted by Gasteiger charge is 2.46. The number of hydrogen-bond acceptors (Lipinski definition) is 7. The van der Waals surface area contributed by atoms with Gasteiger partial charge in [-0.2, -0.15) is 0 Å². The standard InChI is InChI=1S/C29H29N3O7/c1-4-39-28(35)20-11-13-21(14-12-20)30-26(33)17-25-27(34)32(22-8-6-10-24(16-22)38-3)29(36)31(25)18-19-7-5-9-23(15-19)37-2/h5-16,25H,4,17-18H2,1-3H3,(H,30,33)/t25-/m1/s1. The lowest BCUT2D eigenvalue weighted by Crippen LogP contribution is -2.37. The Labute approximate surface area is 226 Å². The lowest BCUT2D eigenvalue weighted by atomic mass is 10.1. The van der Waals surface area contributed by atoms with Crippen LogP contribution in [0, 0.1) is 0 Å². The van der Waals surface area contributed by atoms with Crippen molar-refractivity contribution in [1.82, 2.24) is 4.90 Å². The minimum atomic E-state index is -1.05. The van der Waals surface area contributed by atoms with Crippen LogP contribution in [0.4, 0.5) is 16.2 Å². The number of nitrogens with one attached hydrogen (secondary N) is 1. The summed E-state index contributed by atoms with van der Waals surface area (Å²) in [4.78, 5) is 54.5. The normalized spacial score (nSPS) is 14.8. The third-order valence-electron chi connectivity index (χ3n) is 6.18. The van der Waals surface area contributed by atoms with E-state index in [0.717, 1.165) is 10.5 Å². The van der Waals surface area contributed by atoms with E-state index in [1.807, 2.05) is 6.07 Å². The summed E-state index contributed by atoms with van der Waals surface area (Å²) in [6.07, 6.45) is -0.269. The molecule has 1 aliphatic heterocycles. The van der Waals surface area contributed by atoms with E-state index in [4.69, 9.17) is 14.2 Å². The molecule has 1 aliphatic rings. The van der Waals surface area contributed by atoms with E-state index in [0.29, 0.717) is 28.4 Å². The third-order valence-corrected chi connectivity index (χ3v) is 6.18. The van der Waals surface area contributed by atoms with E-state index >= 15 is 0 Å². The van der Waals surface area contributed by atoms with Gasteiger partial charge in [-0.3, -0.25) is 9.59 Å². The molecule has 39 heavy (non-hydrogen) atoms. The zero-order valence-electron chi connectivity index (χ0n) is 21.9. The molecule has 4 amide bonds. The molecule has 3 aromatic rings. The predicted molar refractivity (Wildman–Crippen MR) is 144 cm³/mol. The summed E-state index contributed by atoms with van der Waals surface area (Å²) in [7, 11) is 3.04. The number of benzene rings is 3. The summed E-state index contributed by atoms with van der Waals surface area (Å²) in [6.45, 7) is 2.06. The third kappa shape index (κ3) is 6.18. The molecular formula is C29H29N3O7. The SMILES string of the molecule is CCOC(=O)c1ccc(NC(=O)C[C@@H]2C(=O)N(c3cccc(OC)c3)C(=O)N2Cc2cccc(OC)c2)cc1. The van der Waals surface area contributed by atoms with Gasteiger partial charge in [0.2, 0.25) is 5.91 Å². The van der Waals surface area contributed by atoms with E-state index in [1.54, 1.807) is 68.6 Å². The molecule has 1 fully saturated rings. The number of hydrogen-bond donors (Lipinski definition) is 1. The van der Waals surface area contributed by atoms with Crippen molar-refractivity contribution in [3.63, 3.8) is 0 Å². The molecule has 0 radical (unpaired) electrons. The number of rotatable bonds is 10. The first-order chi connectivity index (χ1) is 18.8. The zero-order chi connectivity index (χ0) is 27.9. The van der Waals surface area contributed by atoms with Crippen molar-refractivity contribution >= 4 is 35.2 Å². The van der Waals surface area contributed by atoms with Crippen molar-refractivity contribution in [1.29, 1.82) is 0 Å². The largest absolute Gasteiger partial charge is 0.497 e. The van der Waals surface area contributed by atoms with Gasteiger partial charge in [-0.25, -0.2) is 14.5 Å². The van der Waals surface area contributed by atoms with E-state index < -0.39 is 29.9 Å². The fraction of sp³-hybridized carbons (Fsp3) is 0.241. The quantitative estimate of drug-likeness (QED) is 0.307. The first-order valence-electron chi connectivity index (χ1n) is 12.3. The van der Waals surface area contributed by atoms with Crippen molar-refractivity contribution in [3.05, 3.63) is 83.9 Å². The average Bonchev–Trinajstić information content (AvgIpc) is 3.17. The number of carbonyl (C=O) groups excluding carboxylic acids is 4. The lowest BCUT2D eigenvalue weighted by molar-refractivity contribution is -0.124.